The average molecular weight is 256 g/mol. The summed E-state index contributed by atoms with van der Waals surface area (Å²) in [5.41, 5.74) is 0.979. The lowest BCUT2D eigenvalue weighted by molar-refractivity contribution is -0.114. The normalized spacial score (nSPS) is 9.74. The zero-order chi connectivity index (χ0) is 13.7. The summed E-state index contributed by atoms with van der Waals surface area (Å²) < 4.78 is 0. The Kier molecular flexibility index (Phi) is 3.82. The molecule has 1 heterocycles. The number of hydrogen-bond acceptors (Lipinski definition) is 4. The van der Waals surface area contributed by atoms with Gasteiger partial charge in [-0.2, -0.15) is 0 Å². The van der Waals surface area contributed by atoms with Crippen molar-refractivity contribution in [1.82, 2.24) is 9.97 Å². The van der Waals surface area contributed by atoms with E-state index < -0.39 is 0 Å². The van der Waals surface area contributed by atoms with E-state index in [2.05, 4.69) is 20.6 Å². The van der Waals surface area contributed by atoms with E-state index >= 15 is 0 Å². The molecule has 0 atom stereocenters. The summed E-state index contributed by atoms with van der Waals surface area (Å²) in [5, 5.41) is 5.18. The van der Waals surface area contributed by atoms with Crippen molar-refractivity contribution in [1.29, 1.82) is 0 Å². The van der Waals surface area contributed by atoms with Gasteiger partial charge in [0.2, 0.25) is 11.9 Å². The molecule has 0 saturated heterocycles. The number of amides is 2. The first-order valence-electron chi connectivity index (χ1n) is 5.61. The Hall–Kier alpha value is -2.76. The quantitative estimate of drug-likeness (QED) is 0.875. The molecule has 6 heteroatoms. The topological polar surface area (TPSA) is 84.0 Å². The lowest BCUT2D eigenvalue weighted by atomic mass is 10.2. The molecule has 0 aliphatic heterocycles. The molecular formula is C13H12N4O2. The highest BCUT2D eigenvalue weighted by Gasteiger charge is 2.08. The van der Waals surface area contributed by atoms with Gasteiger partial charge < -0.3 is 5.32 Å². The second kappa shape index (κ2) is 5.72. The minimum Gasteiger partial charge on any atom is -0.326 e. The molecule has 19 heavy (non-hydrogen) atoms. The zero-order valence-corrected chi connectivity index (χ0v) is 10.3. The van der Waals surface area contributed by atoms with Crippen LogP contribution in [0.3, 0.4) is 0 Å². The molecule has 0 unspecified atom stereocenters. The molecule has 6 nitrogen and oxygen atoms in total. The third-order valence-corrected chi connectivity index (χ3v) is 2.24. The van der Waals surface area contributed by atoms with E-state index in [4.69, 9.17) is 0 Å². The summed E-state index contributed by atoms with van der Waals surface area (Å²) in [6.07, 6.45) is 3.08. The molecule has 2 amide bonds. The highest BCUT2D eigenvalue weighted by Crippen LogP contribution is 2.11. The molecule has 1 aromatic heterocycles. The Morgan fingerprint density at radius 2 is 1.79 bits per heavy atom. The van der Waals surface area contributed by atoms with Crippen molar-refractivity contribution in [3.8, 4) is 0 Å². The summed E-state index contributed by atoms with van der Waals surface area (Å²) in [6.45, 7) is 1.41. The first-order valence-corrected chi connectivity index (χ1v) is 5.61. The van der Waals surface area contributed by atoms with Crippen molar-refractivity contribution in [3.63, 3.8) is 0 Å². The van der Waals surface area contributed by atoms with Crippen LogP contribution in [0.1, 0.15) is 17.3 Å². The first kappa shape index (κ1) is 12.7. The van der Waals surface area contributed by atoms with Crippen LogP contribution in [0.25, 0.3) is 0 Å². The van der Waals surface area contributed by atoms with Crippen LogP contribution in [-0.2, 0) is 4.79 Å². The largest absolute Gasteiger partial charge is 0.326 e. The third kappa shape index (κ3) is 3.60. The van der Waals surface area contributed by atoms with E-state index in [1.54, 1.807) is 30.3 Å². The fourth-order valence-corrected chi connectivity index (χ4v) is 1.48. The molecule has 0 bridgehead atoms. The van der Waals surface area contributed by atoms with Crippen molar-refractivity contribution in [3.05, 3.63) is 48.3 Å². The third-order valence-electron chi connectivity index (χ3n) is 2.24. The molecule has 0 saturated carbocycles. The van der Waals surface area contributed by atoms with Gasteiger partial charge in [-0.25, -0.2) is 9.97 Å². The predicted octanol–water partition coefficient (Wildman–Crippen LogP) is 1.69. The minimum absolute atomic E-state index is 0.191. The van der Waals surface area contributed by atoms with E-state index in [1.807, 2.05) is 0 Å². The zero-order valence-electron chi connectivity index (χ0n) is 10.3. The van der Waals surface area contributed by atoms with Gasteiger partial charge in [-0.1, -0.05) is 6.07 Å². The highest BCUT2D eigenvalue weighted by atomic mass is 16.2. The monoisotopic (exact) mass is 256 g/mol. The molecule has 2 rings (SSSR count). The molecule has 1 aromatic carbocycles. The Labute approximate surface area is 109 Å². The van der Waals surface area contributed by atoms with Crippen molar-refractivity contribution < 1.29 is 9.59 Å². The maximum Gasteiger partial charge on any atom is 0.258 e. The average Bonchev–Trinajstić information content (AvgIpc) is 2.39. The molecule has 2 aromatic rings. The van der Waals surface area contributed by atoms with Crippen molar-refractivity contribution in [2.75, 3.05) is 10.6 Å². The number of aromatic nitrogens is 2. The molecule has 0 aliphatic carbocycles. The number of carbonyl (C=O) groups is 2. The van der Waals surface area contributed by atoms with Crippen LogP contribution in [0.2, 0.25) is 0 Å². The van der Waals surface area contributed by atoms with Crippen molar-refractivity contribution in [2.45, 2.75) is 6.92 Å². The number of hydrogen-bond donors (Lipinski definition) is 2. The van der Waals surface area contributed by atoms with E-state index in [-0.39, 0.29) is 17.8 Å². The maximum atomic E-state index is 11.9. The van der Waals surface area contributed by atoms with E-state index in [9.17, 15) is 9.59 Å². The Morgan fingerprint density at radius 1 is 1.05 bits per heavy atom. The van der Waals surface area contributed by atoms with Crippen molar-refractivity contribution in [2.24, 2.45) is 0 Å². The molecule has 0 fully saturated rings. The lowest BCUT2D eigenvalue weighted by Gasteiger charge is -2.06. The van der Waals surface area contributed by atoms with Gasteiger partial charge in [0, 0.05) is 30.6 Å². The summed E-state index contributed by atoms with van der Waals surface area (Å²) in [4.78, 5) is 30.7. The maximum absolute atomic E-state index is 11.9. The second-order valence-electron chi connectivity index (χ2n) is 3.79. The second-order valence-corrected chi connectivity index (χ2v) is 3.79. The Balaban J connectivity index is 2.13. The predicted molar refractivity (Wildman–Crippen MR) is 70.7 cm³/mol. The number of nitrogens with one attached hydrogen (secondary N) is 2. The van der Waals surface area contributed by atoms with Gasteiger partial charge >= 0.3 is 0 Å². The number of rotatable bonds is 3. The van der Waals surface area contributed by atoms with Crippen LogP contribution in [0.5, 0.6) is 0 Å². The summed E-state index contributed by atoms with van der Waals surface area (Å²) in [7, 11) is 0. The van der Waals surface area contributed by atoms with Crippen molar-refractivity contribution >= 4 is 23.5 Å². The molecule has 0 spiro atoms. The molecule has 96 valence electrons. The Morgan fingerprint density at radius 3 is 2.47 bits per heavy atom. The smallest absolute Gasteiger partial charge is 0.258 e. The number of nitrogens with zero attached hydrogens (tertiary/aromatic N) is 2. The summed E-state index contributed by atoms with van der Waals surface area (Å²) >= 11 is 0. The number of benzene rings is 1. The molecular weight excluding hydrogens is 244 g/mol. The van der Waals surface area contributed by atoms with Gasteiger partial charge in [-0.3, -0.25) is 14.9 Å². The lowest BCUT2D eigenvalue weighted by Crippen LogP contribution is -2.14. The van der Waals surface area contributed by atoms with Crippen LogP contribution in [0, 0.1) is 0 Å². The Bertz CT molecular complexity index is 599. The van der Waals surface area contributed by atoms with Gasteiger partial charge in [0.15, 0.2) is 0 Å². The van der Waals surface area contributed by atoms with Gasteiger partial charge in [-0.05, 0) is 24.3 Å². The highest BCUT2D eigenvalue weighted by molar-refractivity contribution is 6.04. The summed E-state index contributed by atoms with van der Waals surface area (Å²) in [6, 6.07) is 8.28. The van der Waals surface area contributed by atoms with E-state index in [1.165, 1.54) is 19.3 Å². The van der Waals surface area contributed by atoms with Gasteiger partial charge in [0.25, 0.3) is 5.91 Å². The van der Waals surface area contributed by atoms with Gasteiger partial charge in [0.1, 0.15) is 0 Å². The summed E-state index contributed by atoms with van der Waals surface area (Å²) in [5.74, 6) is -0.292. The number of anilines is 2. The van der Waals surface area contributed by atoms with Crippen LogP contribution in [0.15, 0.2) is 42.7 Å². The van der Waals surface area contributed by atoms with Crippen LogP contribution in [0.4, 0.5) is 11.6 Å². The fourth-order valence-electron chi connectivity index (χ4n) is 1.48. The van der Waals surface area contributed by atoms with E-state index in [0.717, 1.165) is 0 Å². The van der Waals surface area contributed by atoms with Gasteiger partial charge in [-0.15, -0.1) is 0 Å². The van der Waals surface area contributed by atoms with Crippen LogP contribution in [-0.4, -0.2) is 21.8 Å². The standard InChI is InChI=1S/C13H12N4O2/c1-9(18)16-11-5-2-4-10(8-11)12(19)17-13-14-6-3-7-15-13/h2-8H,1H3,(H,16,18)(H,14,15,17,19). The van der Waals surface area contributed by atoms with Crippen LogP contribution < -0.4 is 10.6 Å². The van der Waals surface area contributed by atoms with Gasteiger partial charge in [0.05, 0.1) is 0 Å². The molecule has 0 aliphatic rings. The minimum atomic E-state index is -0.335. The SMILES string of the molecule is CC(=O)Nc1cccc(C(=O)Nc2ncccn2)c1. The number of carbonyl (C=O) groups excluding carboxylic acids is 2. The van der Waals surface area contributed by atoms with E-state index in [0.29, 0.717) is 11.3 Å². The van der Waals surface area contributed by atoms with Crippen LogP contribution >= 0.6 is 0 Å². The molecule has 2 N–H and O–H groups in total. The molecule has 0 radical (unpaired) electrons. The first-order chi connectivity index (χ1) is 9.15. The fraction of sp³-hybridized carbons (Fsp3) is 0.0769.